The van der Waals surface area contributed by atoms with E-state index in [1.54, 1.807) is 23.5 Å². The fourth-order valence-electron chi connectivity index (χ4n) is 2.74. The van der Waals surface area contributed by atoms with Crippen molar-refractivity contribution in [1.29, 1.82) is 0 Å². The van der Waals surface area contributed by atoms with Crippen LogP contribution in [0.15, 0.2) is 29.3 Å². The van der Waals surface area contributed by atoms with Crippen molar-refractivity contribution in [3.63, 3.8) is 0 Å². The second-order valence-corrected chi connectivity index (χ2v) is 9.33. The molecule has 132 valence electrons. The summed E-state index contributed by atoms with van der Waals surface area (Å²) in [6.07, 6.45) is 0. The Hall–Kier alpha value is -0.980. The van der Waals surface area contributed by atoms with E-state index in [-0.39, 0.29) is 11.3 Å². The number of thioether (sulfide) groups is 2. The highest BCUT2D eigenvalue weighted by Crippen LogP contribution is 2.26. The molecule has 0 unspecified atom stereocenters. The summed E-state index contributed by atoms with van der Waals surface area (Å²) in [6.45, 7) is 6.85. The lowest BCUT2D eigenvalue weighted by Crippen LogP contribution is -2.40. The number of amides is 1. The van der Waals surface area contributed by atoms with Gasteiger partial charge in [-0.2, -0.15) is 0 Å². The summed E-state index contributed by atoms with van der Waals surface area (Å²) < 4.78 is 1.14. The normalized spacial score (nSPS) is 14.8. The van der Waals surface area contributed by atoms with E-state index in [0.717, 1.165) is 40.1 Å². The quantitative estimate of drug-likeness (QED) is 0.805. The van der Waals surface area contributed by atoms with E-state index in [1.165, 1.54) is 0 Å². The fourth-order valence-corrected chi connectivity index (χ4v) is 4.75. The Morgan fingerprint density at radius 1 is 1.38 bits per heavy atom. The molecule has 6 heteroatoms. The van der Waals surface area contributed by atoms with Crippen LogP contribution >= 0.6 is 23.5 Å². The molecular formula is C18H27N3OS2. The van der Waals surface area contributed by atoms with Crippen LogP contribution in [0, 0.1) is 5.41 Å². The molecule has 0 aromatic heterocycles. The maximum Gasteiger partial charge on any atom is 0.251 e. The molecule has 0 radical (unpaired) electrons. The zero-order valence-corrected chi connectivity index (χ0v) is 16.6. The zero-order chi connectivity index (χ0) is 17.6. The summed E-state index contributed by atoms with van der Waals surface area (Å²) in [6, 6.07) is 7.86. The van der Waals surface area contributed by atoms with Gasteiger partial charge in [-0.15, -0.1) is 0 Å². The van der Waals surface area contributed by atoms with Gasteiger partial charge >= 0.3 is 0 Å². The highest BCUT2D eigenvalue weighted by molar-refractivity contribution is 8.38. The second-order valence-electron chi connectivity index (χ2n) is 7.03. The van der Waals surface area contributed by atoms with E-state index in [4.69, 9.17) is 0 Å². The van der Waals surface area contributed by atoms with E-state index in [1.807, 2.05) is 24.3 Å². The molecular weight excluding hydrogens is 338 g/mol. The first-order chi connectivity index (χ1) is 11.4. The zero-order valence-electron chi connectivity index (χ0n) is 15.0. The number of nitrogens with one attached hydrogen (secondary N) is 1. The number of carbonyl (C=O) groups is 1. The van der Waals surface area contributed by atoms with Crippen LogP contribution in [0.2, 0.25) is 0 Å². The van der Waals surface area contributed by atoms with Gasteiger partial charge in [0.05, 0.1) is 6.54 Å². The minimum absolute atomic E-state index is 0.0130. The Morgan fingerprint density at radius 2 is 2.12 bits per heavy atom. The molecule has 1 aliphatic rings. The number of carbonyl (C=O) groups excluding carboxylic acids is 1. The van der Waals surface area contributed by atoms with E-state index in [0.29, 0.717) is 6.54 Å². The Balaban J connectivity index is 1.96. The van der Waals surface area contributed by atoms with E-state index >= 15 is 0 Å². The molecule has 0 saturated carbocycles. The molecule has 1 aliphatic heterocycles. The van der Waals surface area contributed by atoms with Crippen molar-refractivity contribution in [3.8, 4) is 0 Å². The van der Waals surface area contributed by atoms with Crippen molar-refractivity contribution >= 4 is 33.8 Å². The number of benzene rings is 1. The lowest BCUT2D eigenvalue weighted by molar-refractivity contribution is 0.0928. The van der Waals surface area contributed by atoms with E-state index < -0.39 is 0 Å². The van der Waals surface area contributed by atoms with Gasteiger partial charge in [0.25, 0.3) is 5.91 Å². The first-order valence-electron chi connectivity index (χ1n) is 8.18. The highest BCUT2D eigenvalue weighted by atomic mass is 32.2. The van der Waals surface area contributed by atoms with Gasteiger partial charge in [-0.05, 0) is 31.1 Å². The molecule has 0 bridgehead atoms. The fraction of sp³-hybridized carbons (Fsp3) is 0.556. The number of rotatable bonds is 7. The lowest BCUT2D eigenvalue weighted by atomic mass is 9.92. The van der Waals surface area contributed by atoms with E-state index in [9.17, 15) is 4.79 Å². The van der Waals surface area contributed by atoms with Gasteiger partial charge in [0, 0.05) is 30.2 Å². The van der Waals surface area contributed by atoms with Crippen molar-refractivity contribution < 1.29 is 4.79 Å². The van der Waals surface area contributed by atoms with Crippen molar-refractivity contribution in [2.24, 2.45) is 10.4 Å². The minimum Gasteiger partial charge on any atom is -0.351 e. The SMILES string of the molecule is CN(C)CC(C)(C)CNC(=O)c1ccccc1CSC1=NCCS1. The second kappa shape index (κ2) is 8.92. The number of aliphatic imine (C=N–C) groups is 1. The lowest BCUT2D eigenvalue weighted by Gasteiger charge is -2.28. The Morgan fingerprint density at radius 3 is 2.79 bits per heavy atom. The summed E-state index contributed by atoms with van der Waals surface area (Å²) in [5.41, 5.74) is 1.88. The van der Waals surface area contributed by atoms with Crippen LogP contribution in [0.25, 0.3) is 0 Å². The maximum atomic E-state index is 12.6. The molecule has 1 amide bonds. The Labute approximate surface area is 153 Å². The van der Waals surface area contributed by atoms with E-state index in [2.05, 4.69) is 43.2 Å². The monoisotopic (exact) mass is 365 g/mol. The van der Waals surface area contributed by atoms with Gasteiger partial charge in [0.2, 0.25) is 0 Å². The highest BCUT2D eigenvalue weighted by Gasteiger charge is 2.21. The largest absolute Gasteiger partial charge is 0.351 e. The molecule has 24 heavy (non-hydrogen) atoms. The molecule has 0 saturated heterocycles. The molecule has 1 N–H and O–H groups in total. The van der Waals surface area contributed by atoms with Crippen molar-refractivity contribution in [2.75, 3.05) is 39.5 Å². The van der Waals surface area contributed by atoms with Crippen molar-refractivity contribution in [1.82, 2.24) is 10.2 Å². The first-order valence-corrected chi connectivity index (χ1v) is 10.2. The van der Waals surface area contributed by atoms with Crippen LogP contribution in [0.5, 0.6) is 0 Å². The van der Waals surface area contributed by atoms with Gasteiger partial charge in [-0.1, -0.05) is 55.6 Å². The van der Waals surface area contributed by atoms with Crippen LogP contribution in [-0.2, 0) is 5.75 Å². The minimum atomic E-state index is 0.0130. The van der Waals surface area contributed by atoms with Crippen molar-refractivity contribution in [2.45, 2.75) is 19.6 Å². The van der Waals surface area contributed by atoms with Gasteiger partial charge in [0.15, 0.2) is 0 Å². The molecule has 1 aromatic carbocycles. The van der Waals surface area contributed by atoms with Crippen LogP contribution in [0.1, 0.15) is 29.8 Å². The maximum absolute atomic E-state index is 12.6. The van der Waals surface area contributed by atoms with Crippen LogP contribution < -0.4 is 5.32 Å². The number of hydrogen-bond donors (Lipinski definition) is 1. The summed E-state index contributed by atoms with van der Waals surface area (Å²) in [7, 11) is 4.11. The van der Waals surface area contributed by atoms with Crippen LogP contribution in [-0.4, -0.2) is 54.7 Å². The average Bonchev–Trinajstić information content (AvgIpc) is 3.03. The van der Waals surface area contributed by atoms with Crippen LogP contribution in [0.3, 0.4) is 0 Å². The standard InChI is InChI=1S/C18H27N3OS2/c1-18(2,13-21(3)4)12-20-16(22)15-8-6-5-7-14(15)11-24-17-19-9-10-23-17/h5-8H,9-13H2,1-4H3,(H,20,22). The number of hydrogen-bond acceptors (Lipinski definition) is 5. The molecule has 0 atom stereocenters. The van der Waals surface area contributed by atoms with Gasteiger partial charge in [0.1, 0.15) is 4.38 Å². The molecule has 0 aliphatic carbocycles. The molecule has 0 spiro atoms. The third kappa shape index (κ3) is 6.15. The Bertz CT molecular complexity index is 600. The first kappa shape index (κ1) is 19.3. The third-order valence-electron chi connectivity index (χ3n) is 3.64. The predicted octanol–water partition coefficient (Wildman–Crippen LogP) is 3.34. The summed E-state index contributed by atoms with van der Waals surface area (Å²) in [5, 5.41) is 3.10. The Kier molecular flexibility index (Phi) is 7.19. The predicted molar refractivity (Wildman–Crippen MR) is 107 cm³/mol. The topological polar surface area (TPSA) is 44.7 Å². The molecule has 1 aromatic rings. The van der Waals surface area contributed by atoms with Crippen molar-refractivity contribution in [3.05, 3.63) is 35.4 Å². The molecule has 0 fully saturated rings. The average molecular weight is 366 g/mol. The number of nitrogens with zero attached hydrogens (tertiary/aromatic N) is 2. The molecule has 2 rings (SSSR count). The summed E-state index contributed by atoms with van der Waals surface area (Å²) >= 11 is 3.53. The smallest absolute Gasteiger partial charge is 0.251 e. The van der Waals surface area contributed by atoms with Gasteiger partial charge < -0.3 is 10.2 Å². The van der Waals surface area contributed by atoms with Gasteiger partial charge in [-0.25, -0.2) is 0 Å². The molecule has 1 heterocycles. The summed E-state index contributed by atoms with van der Waals surface area (Å²) in [5.74, 6) is 1.88. The third-order valence-corrected chi connectivity index (χ3v) is 5.94. The summed E-state index contributed by atoms with van der Waals surface area (Å²) in [4.78, 5) is 19.2. The van der Waals surface area contributed by atoms with Crippen LogP contribution in [0.4, 0.5) is 0 Å². The molecule has 4 nitrogen and oxygen atoms in total. The van der Waals surface area contributed by atoms with Gasteiger partial charge in [-0.3, -0.25) is 9.79 Å².